The fourth-order valence-electron chi connectivity index (χ4n) is 1.80. The average Bonchev–Trinajstić information content (AvgIpc) is 2.48. The van der Waals surface area contributed by atoms with Crippen molar-refractivity contribution in [3.05, 3.63) is 35.1 Å². The van der Waals surface area contributed by atoms with Gasteiger partial charge < -0.3 is 15.4 Å². The van der Waals surface area contributed by atoms with Gasteiger partial charge in [-0.25, -0.2) is 9.97 Å². The van der Waals surface area contributed by atoms with Crippen molar-refractivity contribution in [1.29, 1.82) is 0 Å². The molecule has 0 radical (unpaired) electrons. The monoisotopic (exact) mass is 306 g/mol. The standard InChI is InChI=1S/C15H19ClN4O/c1-9(2)15-19-13(17-3)8-14(20-15)18-10-5-6-11(16)12(7-10)21-4/h5-9H,1-4H3,(H2,17,18,19,20). The first kappa shape index (κ1) is 15.4. The summed E-state index contributed by atoms with van der Waals surface area (Å²) >= 11 is 6.03. The second-order valence-corrected chi connectivity index (χ2v) is 5.28. The van der Waals surface area contributed by atoms with Gasteiger partial charge in [0.1, 0.15) is 23.2 Å². The van der Waals surface area contributed by atoms with Gasteiger partial charge in [-0.2, -0.15) is 0 Å². The number of nitrogens with one attached hydrogen (secondary N) is 2. The molecule has 0 aliphatic carbocycles. The first-order chi connectivity index (χ1) is 10.0. The first-order valence-electron chi connectivity index (χ1n) is 6.70. The topological polar surface area (TPSA) is 59.1 Å². The number of rotatable bonds is 5. The van der Waals surface area contributed by atoms with Crippen LogP contribution in [-0.4, -0.2) is 24.1 Å². The van der Waals surface area contributed by atoms with Gasteiger partial charge in [0.15, 0.2) is 0 Å². The molecule has 0 saturated heterocycles. The summed E-state index contributed by atoms with van der Waals surface area (Å²) in [5, 5.41) is 6.86. The van der Waals surface area contributed by atoms with Gasteiger partial charge in [0.05, 0.1) is 12.1 Å². The molecule has 2 rings (SSSR count). The number of ether oxygens (including phenoxy) is 1. The zero-order chi connectivity index (χ0) is 15.4. The Kier molecular flexibility index (Phi) is 4.85. The van der Waals surface area contributed by atoms with Crippen molar-refractivity contribution in [1.82, 2.24) is 9.97 Å². The van der Waals surface area contributed by atoms with E-state index in [1.165, 1.54) is 0 Å². The molecule has 6 heteroatoms. The summed E-state index contributed by atoms with van der Waals surface area (Å²) < 4.78 is 5.21. The van der Waals surface area contributed by atoms with E-state index in [4.69, 9.17) is 16.3 Å². The lowest BCUT2D eigenvalue weighted by atomic mass is 10.2. The molecule has 21 heavy (non-hydrogen) atoms. The van der Waals surface area contributed by atoms with Crippen LogP contribution in [0.1, 0.15) is 25.6 Å². The number of methoxy groups -OCH3 is 1. The van der Waals surface area contributed by atoms with Crippen molar-refractivity contribution in [2.24, 2.45) is 0 Å². The summed E-state index contributed by atoms with van der Waals surface area (Å²) in [5.41, 5.74) is 0.853. The van der Waals surface area contributed by atoms with E-state index in [2.05, 4.69) is 34.4 Å². The van der Waals surface area contributed by atoms with Crippen molar-refractivity contribution in [2.75, 3.05) is 24.8 Å². The molecule has 0 spiro atoms. The minimum Gasteiger partial charge on any atom is -0.495 e. The van der Waals surface area contributed by atoms with Crippen molar-refractivity contribution in [3.8, 4) is 5.75 Å². The van der Waals surface area contributed by atoms with Crippen LogP contribution in [-0.2, 0) is 0 Å². The number of hydrogen-bond donors (Lipinski definition) is 2. The molecular formula is C15H19ClN4O. The predicted octanol–water partition coefficient (Wildman–Crippen LogP) is 4.05. The maximum Gasteiger partial charge on any atom is 0.139 e. The van der Waals surface area contributed by atoms with Crippen LogP contribution < -0.4 is 15.4 Å². The van der Waals surface area contributed by atoms with Crippen LogP contribution in [0.4, 0.5) is 17.3 Å². The van der Waals surface area contributed by atoms with Crippen LogP contribution in [0.5, 0.6) is 5.75 Å². The molecule has 1 aromatic heterocycles. The van der Waals surface area contributed by atoms with Gasteiger partial charge in [-0.05, 0) is 12.1 Å². The third kappa shape index (κ3) is 3.76. The van der Waals surface area contributed by atoms with Crippen molar-refractivity contribution >= 4 is 28.9 Å². The van der Waals surface area contributed by atoms with Crippen molar-refractivity contribution < 1.29 is 4.74 Å². The van der Waals surface area contributed by atoms with Gasteiger partial charge in [0.25, 0.3) is 0 Å². The third-order valence-corrected chi connectivity index (χ3v) is 3.25. The molecule has 0 aliphatic rings. The fraction of sp³-hybridized carbons (Fsp3) is 0.333. The zero-order valence-electron chi connectivity index (χ0n) is 12.6. The lowest BCUT2D eigenvalue weighted by Crippen LogP contribution is -2.05. The molecule has 112 valence electrons. The Bertz CT molecular complexity index is 631. The molecule has 1 heterocycles. The highest BCUT2D eigenvalue weighted by atomic mass is 35.5. The Balaban J connectivity index is 2.32. The van der Waals surface area contributed by atoms with Crippen molar-refractivity contribution in [2.45, 2.75) is 19.8 Å². The maximum absolute atomic E-state index is 6.03. The number of anilines is 3. The molecule has 2 N–H and O–H groups in total. The normalized spacial score (nSPS) is 10.6. The predicted molar refractivity (Wildman–Crippen MR) is 87.0 cm³/mol. The third-order valence-electron chi connectivity index (χ3n) is 2.94. The van der Waals surface area contributed by atoms with Gasteiger partial charge in [-0.15, -0.1) is 0 Å². The highest BCUT2D eigenvalue weighted by Gasteiger charge is 2.09. The van der Waals surface area contributed by atoms with E-state index >= 15 is 0 Å². The van der Waals surface area contributed by atoms with E-state index in [0.717, 1.165) is 23.1 Å². The molecule has 0 atom stereocenters. The highest BCUT2D eigenvalue weighted by Crippen LogP contribution is 2.29. The van der Waals surface area contributed by atoms with Crippen LogP contribution in [0, 0.1) is 0 Å². The van der Waals surface area contributed by atoms with Gasteiger partial charge in [-0.3, -0.25) is 0 Å². The first-order valence-corrected chi connectivity index (χ1v) is 7.08. The molecule has 2 aromatic rings. The molecule has 0 aliphatic heterocycles. The molecule has 0 saturated carbocycles. The lowest BCUT2D eigenvalue weighted by molar-refractivity contribution is 0.415. The fourth-order valence-corrected chi connectivity index (χ4v) is 2.00. The second kappa shape index (κ2) is 6.63. The van der Waals surface area contributed by atoms with Gasteiger partial charge in [0.2, 0.25) is 0 Å². The molecule has 1 aromatic carbocycles. The van der Waals surface area contributed by atoms with E-state index in [1.54, 1.807) is 13.2 Å². The molecule has 0 fully saturated rings. The van der Waals surface area contributed by atoms with E-state index in [1.807, 2.05) is 25.2 Å². The van der Waals surface area contributed by atoms with Crippen LogP contribution in [0.2, 0.25) is 5.02 Å². The summed E-state index contributed by atoms with van der Waals surface area (Å²) in [4.78, 5) is 8.95. The molecule has 0 unspecified atom stereocenters. The summed E-state index contributed by atoms with van der Waals surface area (Å²) in [6.45, 7) is 4.12. The Morgan fingerprint density at radius 1 is 1.14 bits per heavy atom. The van der Waals surface area contributed by atoms with E-state index in [-0.39, 0.29) is 5.92 Å². The number of nitrogens with zero attached hydrogens (tertiary/aromatic N) is 2. The Labute approximate surface area is 129 Å². The Hall–Kier alpha value is -2.01. The van der Waals surface area contributed by atoms with E-state index in [0.29, 0.717) is 10.8 Å². The Morgan fingerprint density at radius 3 is 2.48 bits per heavy atom. The van der Waals surface area contributed by atoms with Crippen LogP contribution >= 0.6 is 11.6 Å². The number of halogens is 1. The molecule has 0 bridgehead atoms. The smallest absolute Gasteiger partial charge is 0.139 e. The highest BCUT2D eigenvalue weighted by molar-refractivity contribution is 6.32. The quantitative estimate of drug-likeness (QED) is 0.873. The maximum atomic E-state index is 6.03. The molecule has 0 amide bonds. The lowest BCUT2D eigenvalue weighted by Gasteiger charge is -2.12. The minimum atomic E-state index is 0.249. The number of aromatic nitrogens is 2. The van der Waals surface area contributed by atoms with E-state index in [9.17, 15) is 0 Å². The summed E-state index contributed by atoms with van der Waals surface area (Å²) in [6.07, 6.45) is 0. The SMILES string of the molecule is CNc1cc(Nc2ccc(Cl)c(OC)c2)nc(C(C)C)n1. The summed E-state index contributed by atoms with van der Waals surface area (Å²) in [5.74, 6) is 3.15. The van der Waals surface area contributed by atoms with Crippen LogP contribution in [0.3, 0.4) is 0 Å². The summed E-state index contributed by atoms with van der Waals surface area (Å²) in [6, 6.07) is 7.35. The number of hydrogen-bond acceptors (Lipinski definition) is 5. The second-order valence-electron chi connectivity index (χ2n) is 4.88. The van der Waals surface area contributed by atoms with E-state index < -0.39 is 0 Å². The minimum absolute atomic E-state index is 0.249. The van der Waals surface area contributed by atoms with Gasteiger partial charge in [-0.1, -0.05) is 25.4 Å². The van der Waals surface area contributed by atoms with Crippen molar-refractivity contribution in [3.63, 3.8) is 0 Å². The molecule has 5 nitrogen and oxygen atoms in total. The Morgan fingerprint density at radius 2 is 1.86 bits per heavy atom. The van der Waals surface area contributed by atoms with Crippen LogP contribution in [0.25, 0.3) is 0 Å². The molecular weight excluding hydrogens is 288 g/mol. The van der Waals surface area contributed by atoms with Gasteiger partial charge >= 0.3 is 0 Å². The number of benzene rings is 1. The largest absolute Gasteiger partial charge is 0.495 e. The average molecular weight is 307 g/mol. The zero-order valence-corrected chi connectivity index (χ0v) is 13.3. The van der Waals surface area contributed by atoms with Gasteiger partial charge in [0, 0.05) is 30.8 Å². The summed E-state index contributed by atoms with van der Waals surface area (Å²) in [7, 11) is 3.42. The van der Waals surface area contributed by atoms with Crippen LogP contribution in [0.15, 0.2) is 24.3 Å².